The number of nitrogens with zero attached hydrogens (tertiary/aromatic N) is 1. The molecular formula is C15H15N3O3. The van der Waals surface area contributed by atoms with E-state index in [0.29, 0.717) is 11.3 Å². The first-order valence-corrected chi connectivity index (χ1v) is 6.28. The number of aromatic nitrogens is 1. The maximum atomic E-state index is 12.1. The van der Waals surface area contributed by atoms with E-state index in [4.69, 9.17) is 4.74 Å². The molecule has 1 heterocycles. The van der Waals surface area contributed by atoms with Crippen LogP contribution in [-0.4, -0.2) is 23.9 Å². The van der Waals surface area contributed by atoms with Gasteiger partial charge in [0.15, 0.2) is 0 Å². The molecule has 0 saturated carbocycles. The molecule has 0 saturated heterocycles. The van der Waals surface area contributed by atoms with Crippen molar-refractivity contribution in [2.24, 2.45) is 0 Å². The van der Waals surface area contributed by atoms with Gasteiger partial charge in [0.25, 0.3) is 11.8 Å². The Bertz CT molecular complexity index is 656. The highest BCUT2D eigenvalue weighted by molar-refractivity contribution is 6.00. The molecule has 2 amide bonds. The number of hydrogen-bond acceptors (Lipinski definition) is 4. The van der Waals surface area contributed by atoms with Crippen LogP contribution >= 0.6 is 0 Å². The number of carbonyl (C=O) groups excluding carboxylic acids is 2. The first kappa shape index (κ1) is 14.5. The SMILES string of the molecule is COc1ccc(C)cc1C(=O)NNC(=O)c1ccccn1. The number of methoxy groups -OCH3 is 1. The molecule has 0 aliphatic carbocycles. The summed E-state index contributed by atoms with van der Waals surface area (Å²) in [6, 6.07) is 10.2. The minimum Gasteiger partial charge on any atom is -0.496 e. The van der Waals surface area contributed by atoms with E-state index in [1.807, 2.05) is 13.0 Å². The minimum atomic E-state index is -0.490. The minimum absolute atomic E-state index is 0.217. The average molecular weight is 285 g/mol. The molecule has 0 aliphatic rings. The summed E-state index contributed by atoms with van der Waals surface area (Å²) in [4.78, 5) is 27.8. The van der Waals surface area contributed by atoms with E-state index in [9.17, 15) is 9.59 Å². The van der Waals surface area contributed by atoms with Crippen LogP contribution in [0.3, 0.4) is 0 Å². The highest BCUT2D eigenvalue weighted by atomic mass is 16.5. The molecule has 1 aromatic carbocycles. The third-order valence-corrected chi connectivity index (χ3v) is 2.79. The molecule has 0 unspecified atom stereocenters. The average Bonchev–Trinajstić information content (AvgIpc) is 2.53. The van der Waals surface area contributed by atoms with E-state index in [2.05, 4.69) is 15.8 Å². The van der Waals surface area contributed by atoms with Crippen LogP contribution in [0.25, 0.3) is 0 Å². The molecule has 6 heteroatoms. The highest BCUT2D eigenvalue weighted by Gasteiger charge is 2.14. The van der Waals surface area contributed by atoms with Crippen molar-refractivity contribution in [3.63, 3.8) is 0 Å². The monoisotopic (exact) mass is 285 g/mol. The maximum Gasteiger partial charge on any atom is 0.288 e. The van der Waals surface area contributed by atoms with Crippen molar-refractivity contribution >= 4 is 11.8 Å². The van der Waals surface area contributed by atoms with Crippen LogP contribution in [-0.2, 0) is 0 Å². The molecule has 108 valence electrons. The van der Waals surface area contributed by atoms with E-state index in [0.717, 1.165) is 5.56 Å². The second-order valence-electron chi connectivity index (χ2n) is 4.33. The summed E-state index contributed by atoms with van der Waals surface area (Å²) in [5.41, 5.74) is 6.13. The zero-order valence-electron chi connectivity index (χ0n) is 11.7. The standard InChI is InChI=1S/C15H15N3O3/c1-10-6-7-13(21-2)11(9-10)14(19)17-18-15(20)12-5-3-4-8-16-12/h3-9H,1-2H3,(H,17,19)(H,18,20). The summed E-state index contributed by atoms with van der Waals surface area (Å²) in [7, 11) is 1.48. The first-order valence-electron chi connectivity index (χ1n) is 6.28. The predicted molar refractivity (Wildman–Crippen MR) is 76.9 cm³/mol. The Labute approximate surface area is 122 Å². The van der Waals surface area contributed by atoms with Crippen LogP contribution in [0.5, 0.6) is 5.75 Å². The molecule has 2 rings (SSSR count). The lowest BCUT2D eigenvalue weighted by atomic mass is 10.1. The van der Waals surface area contributed by atoms with Crippen LogP contribution in [0.1, 0.15) is 26.4 Å². The topological polar surface area (TPSA) is 80.3 Å². The van der Waals surface area contributed by atoms with E-state index < -0.39 is 11.8 Å². The Kier molecular flexibility index (Phi) is 4.50. The van der Waals surface area contributed by atoms with Gasteiger partial charge in [-0.15, -0.1) is 0 Å². The number of benzene rings is 1. The molecule has 2 aromatic rings. The van der Waals surface area contributed by atoms with Crippen molar-refractivity contribution in [3.8, 4) is 5.75 Å². The Balaban J connectivity index is 2.05. The van der Waals surface area contributed by atoms with Gasteiger partial charge >= 0.3 is 0 Å². The van der Waals surface area contributed by atoms with E-state index in [1.165, 1.54) is 13.3 Å². The third kappa shape index (κ3) is 3.56. The van der Waals surface area contributed by atoms with Crippen molar-refractivity contribution in [3.05, 3.63) is 59.4 Å². The molecule has 0 aliphatic heterocycles. The Hall–Kier alpha value is -2.89. The van der Waals surface area contributed by atoms with E-state index in [1.54, 1.807) is 30.3 Å². The molecule has 0 fully saturated rings. The number of hydrogen-bond donors (Lipinski definition) is 2. The summed E-state index contributed by atoms with van der Waals surface area (Å²) in [6.07, 6.45) is 1.50. The second kappa shape index (κ2) is 6.51. The number of carbonyl (C=O) groups is 2. The van der Waals surface area contributed by atoms with Gasteiger partial charge in [-0.2, -0.15) is 0 Å². The molecule has 0 spiro atoms. The van der Waals surface area contributed by atoms with Gasteiger partial charge in [-0.3, -0.25) is 25.4 Å². The van der Waals surface area contributed by atoms with Crippen molar-refractivity contribution in [2.45, 2.75) is 6.92 Å². The summed E-state index contributed by atoms with van der Waals surface area (Å²) < 4.78 is 5.13. The first-order chi connectivity index (χ1) is 10.1. The number of aryl methyl sites for hydroxylation is 1. The van der Waals surface area contributed by atoms with Gasteiger partial charge < -0.3 is 4.74 Å². The molecule has 0 bridgehead atoms. The van der Waals surface area contributed by atoms with Crippen molar-refractivity contribution in [1.29, 1.82) is 0 Å². The van der Waals surface area contributed by atoms with Crippen LogP contribution < -0.4 is 15.6 Å². The Morgan fingerprint density at radius 3 is 2.52 bits per heavy atom. The second-order valence-corrected chi connectivity index (χ2v) is 4.33. The largest absolute Gasteiger partial charge is 0.496 e. The Morgan fingerprint density at radius 2 is 1.86 bits per heavy atom. The fourth-order valence-electron chi connectivity index (χ4n) is 1.74. The summed E-state index contributed by atoms with van der Waals surface area (Å²) in [5, 5.41) is 0. The van der Waals surface area contributed by atoms with Crippen molar-refractivity contribution in [2.75, 3.05) is 7.11 Å². The van der Waals surface area contributed by atoms with Crippen LogP contribution in [0.15, 0.2) is 42.6 Å². The molecule has 6 nitrogen and oxygen atoms in total. The lowest BCUT2D eigenvalue weighted by Gasteiger charge is -2.10. The zero-order chi connectivity index (χ0) is 15.2. The molecule has 1 aromatic heterocycles. The number of ether oxygens (including phenoxy) is 1. The fraction of sp³-hybridized carbons (Fsp3) is 0.133. The van der Waals surface area contributed by atoms with Gasteiger partial charge in [-0.1, -0.05) is 17.7 Å². The Morgan fingerprint density at radius 1 is 1.10 bits per heavy atom. The van der Waals surface area contributed by atoms with E-state index in [-0.39, 0.29) is 5.69 Å². The molecule has 2 N–H and O–H groups in total. The molecule has 21 heavy (non-hydrogen) atoms. The predicted octanol–water partition coefficient (Wildman–Crippen LogP) is 1.47. The normalized spacial score (nSPS) is 9.81. The fourth-order valence-corrected chi connectivity index (χ4v) is 1.74. The lowest BCUT2D eigenvalue weighted by molar-refractivity contribution is 0.0842. The molecule has 0 atom stereocenters. The van der Waals surface area contributed by atoms with Crippen LogP contribution in [0.4, 0.5) is 0 Å². The number of nitrogens with one attached hydrogen (secondary N) is 2. The van der Waals surface area contributed by atoms with E-state index >= 15 is 0 Å². The maximum absolute atomic E-state index is 12.1. The number of hydrazine groups is 1. The highest BCUT2D eigenvalue weighted by Crippen LogP contribution is 2.19. The third-order valence-electron chi connectivity index (χ3n) is 2.79. The lowest BCUT2D eigenvalue weighted by Crippen LogP contribution is -2.42. The van der Waals surface area contributed by atoms with Gasteiger partial charge in [-0.05, 0) is 31.2 Å². The van der Waals surface area contributed by atoms with Gasteiger partial charge in [0.2, 0.25) is 0 Å². The summed E-state index contributed by atoms with van der Waals surface area (Å²) >= 11 is 0. The van der Waals surface area contributed by atoms with Gasteiger partial charge in [0, 0.05) is 6.20 Å². The number of amides is 2. The van der Waals surface area contributed by atoms with Gasteiger partial charge in [0.05, 0.1) is 12.7 Å². The summed E-state index contributed by atoms with van der Waals surface area (Å²) in [6.45, 7) is 1.86. The molecular weight excluding hydrogens is 270 g/mol. The van der Waals surface area contributed by atoms with Gasteiger partial charge in [0.1, 0.15) is 11.4 Å². The molecule has 0 radical (unpaired) electrons. The quantitative estimate of drug-likeness (QED) is 0.837. The van der Waals surface area contributed by atoms with Crippen LogP contribution in [0, 0.1) is 6.92 Å². The van der Waals surface area contributed by atoms with Crippen LogP contribution in [0.2, 0.25) is 0 Å². The van der Waals surface area contributed by atoms with Crippen molar-refractivity contribution < 1.29 is 14.3 Å². The number of pyridine rings is 1. The van der Waals surface area contributed by atoms with Crippen molar-refractivity contribution in [1.82, 2.24) is 15.8 Å². The van der Waals surface area contributed by atoms with Gasteiger partial charge in [-0.25, -0.2) is 0 Å². The zero-order valence-corrected chi connectivity index (χ0v) is 11.7. The smallest absolute Gasteiger partial charge is 0.288 e. The summed E-state index contributed by atoms with van der Waals surface area (Å²) in [5.74, 6) is -0.513. The number of rotatable bonds is 3.